The summed E-state index contributed by atoms with van der Waals surface area (Å²) >= 11 is 0. The lowest BCUT2D eigenvalue weighted by Crippen LogP contribution is -2.46. The highest BCUT2D eigenvalue weighted by Gasteiger charge is 2.36. The highest BCUT2D eigenvalue weighted by molar-refractivity contribution is 5.82. The van der Waals surface area contributed by atoms with E-state index in [4.69, 9.17) is 5.73 Å². The van der Waals surface area contributed by atoms with E-state index in [2.05, 4.69) is 13.8 Å². The van der Waals surface area contributed by atoms with Crippen LogP contribution in [0.15, 0.2) is 0 Å². The third-order valence-corrected chi connectivity index (χ3v) is 3.73. The Bertz CT molecular complexity index is 240. The predicted molar refractivity (Wildman–Crippen MR) is 62.4 cm³/mol. The Kier molecular flexibility index (Phi) is 3.77. The van der Waals surface area contributed by atoms with E-state index >= 15 is 0 Å². The van der Waals surface area contributed by atoms with Crippen molar-refractivity contribution in [2.24, 2.45) is 17.1 Å². The molecule has 3 heteroatoms. The lowest BCUT2D eigenvalue weighted by molar-refractivity contribution is -0.132. The molecule has 1 saturated heterocycles. The molecule has 1 heterocycles. The Hall–Kier alpha value is -0.570. The number of carbonyl (C=O) groups is 1. The van der Waals surface area contributed by atoms with Crippen molar-refractivity contribution in [2.45, 2.75) is 46.6 Å². The first-order valence-electron chi connectivity index (χ1n) is 5.94. The molecule has 0 spiro atoms. The number of carbonyl (C=O) groups excluding carboxylic acids is 1. The summed E-state index contributed by atoms with van der Waals surface area (Å²) in [5.41, 5.74) is 6.19. The van der Waals surface area contributed by atoms with Gasteiger partial charge in [0.05, 0.1) is 6.04 Å². The van der Waals surface area contributed by atoms with Gasteiger partial charge in [-0.2, -0.15) is 0 Å². The molecule has 2 N–H and O–H groups in total. The average molecular weight is 212 g/mol. The zero-order valence-electron chi connectivity index (χ0n) is 10.4. The summed E-state index contributed by atoms with van der Waals surface area (Å²) in [6.07, 6.45) is 2.24. The second kappa shape index (κ2) is 4.52. The van der Waals surface area contributed by atoms with E-state index in [1.54, 1.807) is 0 Å². The second-order valence-corrected chi connectivity index (χ2v) is 5.44. The number of likely N-dealkylation sites (tertiary alicyclic amines) is 1. The Labute approximate surface area is 93.0 Å². The van der Waals surface area contributed by atoms with Gasteiger partial charge < -0.3 is 10.6 Å². The maximum atomic E-state index is 12.0. The van der Waals surface area contributed by atoms with Gasteiger partial charge in [0, 0.05) is 13.1 Å². The van der Waals surface area contributed by atoms with Crippen molar-refractivity contribution < 1.29 is 4.79 Å². The first-order chi connectivity index (χ1) is 6.89. The minimum atomic E-state index is -0.329. The van der Waals surface area contributed by atoms with Crippen LogP contribution < -0.4 is 5.73 Å². The van der Waals surface area contributed by atoms with Crippen molar-refractivity contribution in [3.8, 4) is 0 Å². The lowest BCUT2D eigenvalue weighted by atomic mass is 9.87. The third kappa shape index (κ3) is 2.71. The molecular weight excluding hydrogens is 188 g/mol. The molecule has 3 nitrogen and oxygen atoms in total. The molecule has 0 radical (unpaired) electrons. The van der Waals surface area contributed by atoms with Gasteiger partial charge in [-0.1, -0.05) is 27.7 Å². The number of nitrogens with zero attached hydrogens (tertiary/aromatic N) is 1. The first kappa shape index (κ1) is 12.5. The van der Waals surface area contributed by atoms with Crippen LogP contribution in [0.1, 0.15) is 40.5 Å². The molecule has 1 fully saturated rings. The van der Waals surface area contributed by atoms with Crippen LogP contribution in [0.3, 0.4) is 0 Å². The van der Waals surface area contributed by atoms with Gasteiger partial charge in [-0.25, -0.2) is 0 Å². The number of nitrogens with two attached hydrogens (primary N) is 1. The van der Waals surface area contributed by atoms with Crippen LogP contribution in [0.4, 0.5) is 0 Å². The summed E-state index contributed by atoms with van der Waals surface area (Å²) < 4.78 is 0. The summed E-state index contributed by atoms with van der Waals surface area (Å²) in [4.78, 5) is 13.9. The van der Waals surface area contributed by atoms with Gasteiger partial charge in [-0.15, -0.1) is 0 Å². The van der Waals surface area contributed by atoms with Crippen LogP contribution in [-0.2, 0) is 4.79 Å². The van der Waals surface area contributed by atoms with Crippen LogP contribution in [0.2, 0.25) is 0 Å². The number of hydrogen-bond donors (Lipinski definition) is 1. The average Bonchev–Trinajstić information content (AvgIpc) is 2.59. The molecule has 0 aromatic heterocycles. The van der Waals surface area contributed by atoms with Crippen molar-refractivity contribution in [3.05, 3.63) is 0 Å². The summed E-state index contributed by atoms with van der Waals surface area (Å²) in [7, 11) is 0. The van der Waals surface area contributed by atoms with E-state index in [0.717, 1.165) is 25.9 Å². The van der Waals surface area contributed by atoms with Crippen molar-refractivity contribution in [1.29, 1.82) is 0 Å². The fourth-order valence-corrected chi connectivity index (χ4v) is 2.00. The van der Waals surface area contributed by atoms with Crippen molar-refractivity contribution in [3.63, 3.8) is 0 Å². The molecule has 0 saturated carbocycles. The molecule has 1 unspecified atom stereocenters. The minimum absolute atomic E-state index is 0.127. The van der Waals surface area contributed by atoms with Crippen molar-refractivity contribution in [2.75, 3.05) is 13.1 Å². The van der Waals surface area contributed by atoms with E-state index in [1.165, 1.54) is 0 Å². The highest BCUT2D eigenvalue weighted by atomic mass is 16.2. The molecular formula is C12H24N2O. The smallest absolute Gasteiger partial charge is 0.239 e. The molecule has 0 aromatic rings. The van der Waals surface area contributed by atoms with Gasteiger partial charge in [0.15, 0.2) is 0 Å². The Morgan fingerprint density at radius 2 is 2.13 bits per heavy atom. The van der Waals surface area contributed by atoms with Crippen LogP contribution >= 0.6 is 0 Å². The largest absolute Gasteiger partial charge is 0.341 e. The van der Waals surface area contributed by atoms with E-state index in [-0.39, 0.29) is 17.9 Å². The van der Waals surface area contributed by atoms with Crippen molar-refractivity contribution in [1.82, 2.24) is 4.90 Å². The normalized spacial score (nSPS) is 28.5. The van der Waals surface area contributed by atoms with E-state index < -0.39 is 0 Å². The Morgan fingerprint density at radius 3 is 2.53 bits per heavy atom. The van der Waals surface area contributed by atoms with Crippen LogP contribution in [-0.4, -0.2) is 29.9 Å². The number of amides is 1. The van der Waals surface area contributed by atoms with E-state index in [0.29, 0.717) is 5.41 Å². The van der Waals surface area contributed by atoms with E-state index in [9.17, 15) is 4.79 Å². The SMILES string of the molecule is CCC1(C)CCN(C(=O)[C@@H](N)C(C)C)C1. The van der Waals surface area contributed by atoms with Crippen molar-refractivity contribution >= 4 is 5.91 Å². The highest BCUT2D eigenvalue weighted by Crippen LogP contribution is 2.33. The predicted octanol–water partition coefficient (Wildman–Crippen LogP) is 1.62. The Balaban J connectivity index is 2.57. The van der Waals surface area contributed by atoms with Gasteiger partial charge >= 0.3 is 0 Å². The third-order valence-electron chi connectivity index (χ3n) is 3.73. The zero-order chi connectivity index (χ0) is 11.6. The maximum absolute atomic E-state index is 12.0. The summed E-state index contributed by atoms with van der Waals surface area (Å²) in [5, 5.41) is 0. The molecule has 15 heavy (non-hydrogen) atoms. The molecule has 1 amide bonds. The second-order valence-electron chi connectivity index (χ2n) is 5.44. The minimum Gasteiger partial charge on any atom is -0.341 e. The monoisotopic (exact) mass is 212 g/mol. The Morgan fingerprint density at radius 1 is 1.53 bits per heavy atom. The fourth-order valence-electron chi connectivity index (χ4n) is 2.00. The summed E-state index contributed by atoms with van der Waals surface area (Å²) in [5.74, 6) is 0.355. The summed E-state index contributed by atoms with van der Waals surface area (Å²) in [6, 6.07) is -0.329. The summed E-state index contributed by atoms with van der Waals surface area (Å²) in [6.45, 7) is 10.2. The molecule has 0 bridgehead atoms. The van der Waals surface area contributed by atoms with Gasteiger partial charge in [0.25, 0.3) is 0 Å². The van der Waals surface area contributed by atoms with Gasteiger partial charge in [0.2, 0.25) is 5.91 Å². The quantitative estimate of drug-likeness (QED) is 0.772. The molecule has 1 aliphatic heterocycles. The maximum Gasteiger partial charge on any atom is 0.239 e. The van der Waals surface area contributed by atoms with Gasteiger partial charge in [-0.05, 0) is 24.2 Å². The molecule has 0 aliphatic carbocycles. The van der Waals surface area contributed by atoms with Gasteiger partial charge in [-0.3, -0.25) is 4.79 Å². The lowest BCUT2D eigenvalue weighted by Gasteiger charge is -2.26. The zero-order valence-corrected chi connectivity index (χ0v) is 10.4. The molecule has 2 atom stereocenters. The standard InChI is InChI=1S/C12H24N2O/c1-5-12(4)6-7-14(8-12)11(15)10(13)9(2)3/h9-10H,5-8,13H2,1-4H3/t10-,12?/m0/s1. The van der Waals surface area contributed by atoms with Crippen LogP contribution in [0, 0.1) is 11.3 Å². The number of hydrogen-bond acceptors (Lipinski definition) is 2. The number of rotatable bonds is 3. The molecule has 0 aromatic carbocycles. The first-order valence-corrected chi connectivity index (χ1v) is 5.94. The van der Waals surface area contributed by atoms with E-state index in [1.807, 2.05) is 18.7 Å². The fraction of sp³-hybridized carbons (Fsp3) is 0.917. The molecule has 1 aliphatic rings. The van der Waals surface area contributed by atoms with Gasteiger partial charge in [0.1, 0.15) is 0 Å². The van der Waals surface area contributed by atoms with Crippen LogP contribution in [0.5, 0.6) is 0 Å². The molecule has 1 rings (SSSR count). The molecule has 88 valence electrons. The topological polar surface area (TPSA) is 46.3 Å². The van der Waals surface area contributed by atoms with Crippen LogP contribution in [0.25, 0.3) is 0 Å².